The molecule has 4 aliphatic heterocycles. The van der Waals surface area contributed by atoms with E-state index in [4.69, 9.17) is 19.4 Å². The van der Waals surface area contributed by atoms with Gasteiger partial charge in [0.15, 0.2) is 5.82 Å². The molecule has 6 aliphatic rings. The van der Waals surface area contributed by atoms with Crippen LogP contribution < -0.4 is 15.0 Å². The van der Waals surface area contributed by atoms with Crippen LogP contribution in [-0.4, -0.2) is 84.6 Å². The number of piperazine rings is 1. The lowest BCUT2D eigenvalue weighted by Crippen LogP contribution is -2.51. The number of phenolic OH excluding ortho intramolecular Hbond substituents is 1. The number of hydrogen-bond donors (Lipinski definition) is 2. The first kappa shape index (κ1) is 28.5. The number of nitrogens with zero attached hydrogens (tertiary/aromatic N) is 4. The Kier molecular flexibility index (Phi) is 6.51. The van der Waals surface area contributed by atoms with E-state index in [-0.39, 0.29) is 28.5 Å². The van der Waals surface area contributed by atoms with Gasteiger partial charge in [-0.1, -0.05) is 18.2 Å². The fourth-order valence-electron chi connectivity index (χ4n) is 9.50. The summed E-state index contributed by atoms with van der Waals surface area (Å²) in [5.41, 5.74) is 4.15. The zero-order valence-corrected chi connectivity index (χ0v) is 26.8. The summed E-state index contributed by atoms with van der Waals surface area (Å²) in [5, 5.41) is 17.1. The van der Waals surface area contributed by atoms with Crippen molar-refractivity contribution in [3.05, 3.63) is 53.3 Å². The topological polar surface area (TPSA) is 83.0 Å². The maximum absolute atomic E-state index is 17.1. The van der Waals surface area contributed by atoms with Gasteiger partial charge in [0.2, 0.25) is 0 Å². The molecule has 0 amide bonds. The van der Waals surface area contributed by atoms with Crippen molar-refractivity contribution in [3.63, 3.8) is 0 Å². The van der Waals surface area contributed by atoms with Crippen LogP contribution in [0.25, 0.3) is 32.8 Å². The molecule has 1 saturated carbocycles. The second-order valence-electron chi connectivity index (χ2n) is 15.4. The summed E-state index contributed by atoms with van der Waals surface area (Å²) in [5.74, 6) is 1.83. The highest BCUT2D eigenvalue weighted by Gasteiger charge is 2.48. The summed E-state index contributed by atoms with van der Waals surface area (Å²) in [6.07, 6.45) is 7.64. The highest BCUT2D eigenvalue weighted by Crippen LogP contribution is 2.48. The number of aromatic nitrogens is 2. The second-order valence-corrected chi connectivity index (χ2v) is 15.4. The van der Waals surface area contributed by atoms with Crippen molar-refractivity contribution >= 4 is 27.5 Å². The van der Waals surface area contributed by atoms with Gasteiger partial charge in [0.05, 0.1) is 19.8 Å². The molecule has 4 atom stereocenters. The largest absolute Gasteiger partial charge is 0.508 e. The van der Waals surface area contributed by atoms with Crippen LogP contribution in [-0.2, 0) is 17.6 Å². The van der Waals surface area contributed by atoms with Crippen molar-refractivity contribution in [2.24, 2.45) is 17.3 Å². The number of aryl methyl sites for hydroxylation is 2. The van der Waals surface area contributed by atoms with Crippen LogP contribution in [0.4, 0.5) is 10.2 Å². The van der Waals surface area contributed by atoms with Crippen LogP contribution in [0.15, 0.2) is 36.4 Å². The van der Waals surface area contributed by atoms with Crippen LogP contribution in [0.1, 0.15) is 43.2 Å². The van der Waals surface area contributed by atoms with E-state index in [1.54, 1.807) is 12.1 Å². The maximum Gasteiger partial charge on any atom is 0.319 e. The van der Waals surface area contributed by atoms with Crippen molar-refractivity contribution in [2.75, 3.05) is 57.4 Å². The molecule has 2 unspecified atom stereocenters. The number of nitrogens with one attached hydrogen (secondary N) is 1. The number of phenols is 1. The average Bonchev–Trinajstić information content (AvgIpc) is 3.45. The number of ether oxygens (including phenoxy) is 2. The number of fused-ring (bicyclic) bond motifs is 7. The van der Waals surface area contributed by atoms with Crippen molar-refractivity contribution < 1.29 is 19.0 Å². The van der Waals surface area contributed by atoms with Gasteiger partial charge >= 0.3 is 6.01 Å². The van der Waals surface area contributed by atoms with E-state index in [9.17, 15) is 5.11 Å². The zero-order chi connectivity index (χ0) is 31.3. The van der Waals surface area contributed by atoms with Gasteiger partial charge in [-0.2, -0.15) is 9.97 Å². The molecule has 0 spiro atoms. The second kappa shape index (κ2) is 10.7. The molecule has 2 aliphatic carbocycles. The van der Waals surface area contributed by atoms with E-state index >= 15 is 4.39 Å². The Balaban J connectivity index is 1.03. The fourth-order valence-corrected chi connectivity index (χ4v) is 9.50. The molecule has 10 rings (SSSR count). The molecule has 0 radical (unpaired) electrons. The van der Waals surface area contributed by atoms with E-state index in [1.165, 1.54) is 11.1 Å². The number of rotatable bonds is 7. The van der Waals surface area contributed by atoms with Gasteiger partial charge in [0.25, 0.3) is 0 Å². The van der Waals surface area contributed by atoms with Gasteiger partial charge < -0.3 is 29.7 Å². The van der Waals surface area contributed by atoms with Crippen LogP contribution in [0.3, 0.4) is 0 Å². The van der Waals surface area contributed by atoms with E-state index in [1.807, 2.05) is 12.1 Å². The SMILES string of the molecule is Oc1cc(-c2ccc3c(N4C[C@H]5CC[C@@H](C4)N5)nc(OCC4(CN5CC6COCC6C5)CC4)nc3c2F)c2c3c(ccc2c1)CCC3. The Morgan fingerprint density at radius 1 is 0.957 bits per heavy atom. The molecule has 2 N–H and O–H groups in total. The summed E-state index contributed by atoms with van der Waals surface area (Å²) < 4.78 is 29.2. The van der Waals surface area contributed by atoms with Crippen molar-refractivity contribution in [3.8, 4) is 22.9 Å². The van der Waals surface area contributed by atoms with Gasteiger partial charge in [0, 0.05) is 73.0 Å². The van der Waals surface area contributed by atoms with Gasteiger partial charge in [-0.3, -0.25) is 0 Å². The minimum Gasteiger partial charge on any atom is -0.508 e. The first-order chi connectivity index (χ1) is 23.0. The fraction of sp³-hybridized carbons (Fsp3) is 0.526. The summed E-state index contributed by atoms with van der Waals surface area (Å²) >= 11 is 0. The zero-order valence-electron chi connectivity index (χ0n) is 26.8. The third kappa shape index (κ3) is 4.87. The molecule has 4 saturated heterocycles. The lowest BCUT2D eigenvalue weighted by molar-refractivity contribution is 0.131. The van der Waals surface area contributed by atoms with Gasteiger partial charge in [0.1, 0.15) is 17.1 Å². The smallest absolute Gasteiger partial charge is 0.319 e. The molecule has 1 aromatic heterocycles. The first-order valence-corrected chi connectivity index (χ1v) is 17.7. The van der Waals surface area contributed by atoms with Gasteiger partial charge in [-0.15, -0.1) is 0 Å². The minimum atomic E-state index is -0.386. The first-order valence-electron chi connectivity index (χ1n) is 17.7. The predicted octanol–water partition coefficient (Wildman–Crippen LogP) is 5.46. The van der Waals surface area contributed by atoms with Crippen LogP contribution in [0.2, 0.25) is 0 Å². The van der Waals surface area contributed by atoms with E-state index in [0.29, 0.717) is 41.5 Å². The number of likely N-dealkylation sites (tertiary alicyclic amines) is 1. The Labute approximate surface area is 274 Å². The Morgan fingerprint density at radius 3 is 2.55 bits per heavy atom. The molecule has 47 heavy (non-hydrogen) atoms. The summed E-state index contributed by atoms with van der Waals surface area (Å²) in [6, 6.07) is 12.6. The molecule has 5 fully saturated rings. The van der Waals surface area contributed by atoms with Crippen LogP contribution >= 0.6 is 0 Å². The quantitative estimate of drug-likeness (QED) is 0.277. The lowest BCUT2D eigenvalue weighted by atomic mass is 9.91. The summed E-state index contributed by atoms with van der Waals surface area (Å²) in [7, 11) is 0. The number of anilines is 1. The van der Waals surface area contributed by atoms with Crippen LogP contribution in [0, 0.1) is 23.1 Å². The van der Waals surface area contributed by atoms with Crippen LogP contribution in [0.5, 0.6) is 11.8 Å². The third-order valence-corrected chi connectivity index (χ3v) is 12.1. The molecule has 5 heterocycles. The monoisotopic (exact) mass is 635 g/mol. The standard InChI is InChI=1S/C38H42FN5O3/c39-34-30(32-13-28(45)12-23-5-4-22-2-1-3-29(22)33(23)32)8-9-31-35(34)41-37(42-36(31)44-16-26-6-7-27(17-44)40-26)47-21-38(10-11-38)20-43-14-24-18-46-19-25(24)15-43/h4-5,8-9,12-13,24-27,40,45H,1-3,6-7,10-11,14-21H2/t24?,25?,26-,27+. The highest BCUT2D eigenvalue weighted by atomic mass is 19.1. The van der Waals surface area contributed by atoms with Crippen molar-refractivity contribution in [1.82, 2.24) is 20.2 Å². The van der Waals surface area contributed by atoms with Crippen molar-refractivity contribution in [1.29, 1.82) is 0 Å². The molecule has 2 bridgehead atoms. The molecule has 3 aromatic carbocycles. The predicted molar refractivity (Wildman–Crippen MR) is 180 cm³/mol. The Bertz CT molecular complexity index is 1890. The van der Waals surface area contributed by atoms with Gasteiger partial charge in [-0.25, -0.2) is 4.39 Å². The third-order valence-electron chi connectivity index (χ3n) is 12.1. The lowest BCUT2D eigenvalue weighted by Gasteiger charge is -2.34. The maximum atomic E-state index is 17.1. The molecular formula is C38H42FN5O3. The molecule has 9 heteroatoms. The van der Waals surface area contributed by atoms with E-state index in [2.05, 4.69) is 27.2 Å². The van der Waals surface area contributed by atoms with Gasteiger partial charge in [-0.05, 0) is 90.6 Å². The number of benzene rings is 3. The summed E-state index contributed by atoms with van der Waals surface area (Å²) in [4.78, 5) is 14.7. The Morgan fingerprint density at radius 2 is 1.77 bits per heavy atom. The van der Waals surface area contributed by atoms with Crippen molar-refractivity contribution in [2.45, 2.75) is 57.0 Å². The number of halogens is 1. The Hall–Kier alpha value is -3.53. The van der Waals surface area contributed by atoms with E-state index in [0.717, 1.165) is 113 Å². The molecular weight excluding hydrogens is 593 g/mol. The molecule has 244 valence electrons. The number of aromatic hydroxyl groups is 1. The normalized spacial score (nSPS) is 27.6. The molecule has 8 nitrogen and oxygen atoms in total. The highest BCUT2D eigenvalue weighted by molar-refractivity contribution is 6.03. The van der Waals surface area contributed by atoms with E-state index < -0.39 is 0 Å². The molecule has 4 aromatic rings. The average molecular weight is 636 g/mol. The number of hydrogen-bond acceptors (Lipinski definition) is 8. The minimum absolute atomic E-state index is 0.105. The summed E-state index contributed by atoms with van der Waals surface area (Å²) in [6.45, 7) is 7.22.